The molecule has 0 aliphatic carbocycles. The van der Waals surface area contributed by atoms with Crippen LogP contribution in [0.5, 0.6) is 5.75 Å². The van der Waals surface area contributed by atoms with Crippen LogP contribution >= 0.6 is 0 Å². The monoisotopic (exact) mass is 484 g/mol. The van der Waals surface area contributed by atoms with Crippen molar-refractivity contribution >= 4 is 17.8 Å². The van der Waals surface area contributed by atoms with Crippen molar-refractivity contribution in [2.45, 2.75) is 45.8 Å². The number of aliphatic carboxylic acids is 2. The highest BCUT2D eigenvalue weighted by Crippen LogP contribution is 2.22. The van der Waals surface area contributed by atoms with Crippen LogP contribution in [0.15, 0.2) is 54.6 Å². The van der Waals surface area contributed by atoms with Crippen molar-refractivity contribution in [1.29, 1.82) is 0 Å². The first-order chi connectivity index (χ1) is 16.8. The first-order valence-electron chi connectivity index (χ1n) is 12.0. The molecule has 1 amide bonds. The molecule has 0 aromatic heterocycles. The van der Waals surface area contributed by atoms with Crippen molar-refractivity contribution in [3.63, 3.8) is 0 Å². The summed E-state index contributed by atoms with van der Waals surface area (Å²) in [6.45, 7) is 6.50. The number of likely N-dealkylation sites (tertiary alicyclic amines) is 1. The molecule has 0 saturated carbocycles. The largest absolute Gasteiger partial charge is 0.489 e. The second kappa shape index (κ2) is 14.8. The molecule has 35 heavy (non-hydrogen) atoms. The zero-order valence-corrected chi connectivity index (χ0v) is 20.6. The van der Waals surface area contributed by atoms with Gasteiger partial charge in [-0.2, -0.15) is 0 Å². The molecule has 2 N–H and O–H groups in total. The molecule has 2 aromatic rings. The Kier molecular flexibility index (Phi) is 11.8. The molecule has 1 aliphatic heterocycles. The molecule has 1 fully saturated rings. The molecule has 190 valence electrons. The first-order valence-corrected chi connectivity index (χ1v) is 12.0. The van der Waals surface area contributed by atoms with Gasteiger partial charge in [0.25, 0.3) is 0 Å². The fourth-order valence-electron chi connectivity index (χ4n) is 3.89. The van der Waals surface area contributed by atoms with Crippen LogP contribution in [0.2, 0.25) is 0 Å². The maximum atomic E-state index is 12.6. The summed E-state index contributed by atoms with van der Waals surface area (Å²) >= 11 is 0. The summed E-state index contributed by atoms with van der Waals surface area (Å²) in [6.07, 6.45) is 4.13. The van der Waals surface area contributed by atoms with Crippen LogP contribution in [-0.4, -0.2) is 64.5 Å². The van der Waals surface area contributed by atoms with Crippen LogP contribution in [0.25, 0.3) is 0 Å². The Labute approximate surface area is 207 Å². The Morgan fingerprint density at radius 1 is 0.971 bits per heavy atom. The molecule has 8 heteroatoms. The Morgan fingerprint density at radius 2 is 1.60 bits per heavy atom. The van der Waals surface area contributed by atoms with E-state index in [0.29, 0.717) is 12.5 Å². The van der Waals surface area contributed by atoms with Gasteiger partial charge in [0.1, 0.15) is 12.4 Å². The number of carboxylic acid groups (broad SMARTS) is 2. The second-order valence-electron chi connectivity index (χ2n) is 8.70. The number of hydrogen-bond acceptors (Lipinski definition) is 5. The average Bonchev–Trinajstić information content (AvgIpc) is 2.87. The van der Waals surface area contributed by atoms with Crippen molar-refractivity contribution in [3.05, 3.63) is 65.7 Å². The van der Waals surface area contributed by atoms with Gasteiger partial charge in [-0.3, -0.25) is 9.69 Å². The van der Waals surface area contributed by atoms with Gasteiger partial charge >= 0.3 is 11.9 Å². The number of amides is 1. The molecule has 0 radical (unpaired) electrons. The minimum absolute atomic E-state index is 0.189. The summed E-state index contributed by atoms with van der Waals surface area (Å²) in [4.78, 5) is 35.2. The number of carboxylic acids is 2. The zero-order chi connectivity index (χ0) is 25.6. The van der Waals surface area contributed by atoms with Crippen LogP contribution in [0.1, 0.15) is 43.7 Å². The van der Waals surface area contributed by atoms with E-state index in [2.05, 4.69) is 42.2 Å². The smallest absolute Gasteiger partial charge is 0.414 e. The highest BCUT2D eigenvalue weighted by atomic mass is 16.5. The molecule has 3 rings (SSSR count). The molecule has 0 bridgehead atoms. The summed E-state index contributed by atoms with van der Waals surface area (Å²) in [7, 11) is 1.95. The van der Waals surface area contributed by atoms with E-state index in [9.17, 15) is 4.79 Å². The summed E-state index contributed by atoms with van der Waals surface area (Å²) < 4.78 is 5.96. The van der Waals surface area contributed by atoms with E-state index in [-0.39, 0.29) is 5.92 Å². The number of ether oxygens (including phenoxy) is 1. The van der Waals surface area contributed by atoms with Crippen LogP contribution in [0.3, 0.4) is 0 Å². The number of carbonyl (C=O) groups is 3. The minimum Gasteiger partial charge on any atom is -0.489 e. The second-order valence-corrected chi connectivity index (χ2v) is 8.70. The predicted octanol–water partition coefficient (Wildman–Crippen LogP) is 3.89. The van der Waals surface area contributed by atoms with Crippen LogP contribution in [0.4, 0.5) is 0 Å². The van der Waals surface area contributed by atoms with Crippen molar-refractivity contribution in [2.75, 3.05) is 26.7 Å². The molecular weight excluding hydrogens is 448 g/mol. The van der Waals surface area contributed by atoms with Crippen LogP contribution < -0.4 is 4.74 Å². The predicted molar refractivity (Wildman–Crippen MR) is 133 cm³/mol. The van der Waals surface area contributed by atoms with Gasteiger partial charge in [-0.05, 0) is 55.6 Å². The summed E-state index contributed by atoms with van der Waals surface area (Å²) in [5.41, 5.74) is 2.44. The summed E-state index contributed by atoms with van der Waals surface area (Å²) in [5, 5.41) is 14.8. The lowest BCUT2D eigenvalue weighted by molar-refractivity contribution is -0.159. The maximum Gasteiger partial charge on any atom is 0.414 e. The van der Waals surface area contributed by atoms with Gasteiger partial charge in [-0.1, -0.05) is 55.8 Å². The van der Waals surface area contributed by atoms with Gasteiger partial charge in [0, 0.05) is 26.1 Å². The highest BCUT2D eigenvalue weighted by molar-refractivity contribution is 6.27. The fraction of sp³-hybridized carbons (Fsp3) is 0.444. The van der Waals surface area contributed by atoms with Crippen molar-refractivity contribution < 1.29 is 29.3 Å². The lowest BCUT2D eigenvalue weighted by Crippen LogP contribution is -2.41. The molecular formula is C27H36N2O6. The molecule has 8 nitrogen and oxygen atoms in total. The highest BCUT2D eigenvalue weighted by Gasteiger charge is 2.26. The number of carbonyl (C=O) groups excluding carboxylic acids is 1. The SMILES string of the molecule is CCCCN(C)C(=O)C1CCN(Cc2cccc(OCc3ccccc3)c2)CC1.O=C(O)C(=O)O. The third-order valence-electron chi connectivity index (χ3n) is 5.90. The minimum atomic E-state index is -1.82. The molecule has 2 aromatic carbocycles. The lowest BCUT2D eigenvalue weighted by Gasteiger charge is -2.33. The molecule has 1 saturated heterocycles. The number of hydrogen-bond donors (Lipinski definition) is 2. The van der Waals surface area contributed by atoms with E-state index in [1.54, 1.807) is 0 Å². The maximum absolute atomic E-state index is 12.6. The van der Waals surface area contributed by atoms with Gasteiger partial charge in [-0.25, -0.2) is 9.59 Å². The van der Waals surface area contributed by atoms with Gasteiger partial charge in [0.05, 0.1) is 0 Å². The number of piperidine rings is 1. The Morgan fingerprint density at radius 3 is 2.20 bits per heavy atom. The van der Waals surface area contributed by atoms with E-state index in [4.69, 9.17) is 24.5 Å². The summed E-state index contributed by atoms with van der Waals surface area (Å²) in [6, 6.07) is 18.6. The van der Waals surface area contributed by atoms with Gasteiger partial charge in [0.15, 0.2) is 0 Å². The Bertz CT molecular complexity index is 930. The van der Waals surface area contributed by atoms with E-state index < -0.39 is 11.9 Å². The van der Waals surface area contributed by atoms with Crippen LogP contribution in [-0.2, 0) is 27.5 Å². The first kappa shape index (κ1) is 27.9. The summed E-state index contributed by atoms with van der Waals surface area (Å²) in [5.74, 6) is -2.22. The Balaban J connectivity index is 0.000000641. The van der Waals surface area contributed by atoms with E-state index in [0.717, 1.165) is 57.6 Å². The molecule has 0 spiro atoms. The van der Waals surface area contributed by atoms with Gasteiger partial charge < -0.3 is 19.8 Å². The van der Waals surface area contributed by atoms with Crippen molar-refractivity contribution in [1.82, 2.24) is 9.80 Å². The lowest BCUT2D eigenvalue weighted by atomic mass is 9.95. The molecule has 1 heterocycles. The van der Waals surface area contributed by atoms with E-state index in [1.165, 1.54) is 11.1 Å². The molecule has 0 atom stereocenters. The molecule has 1 aliphatic rings. The van der Waals surface area contributed by atoms with E-state index >= 15 is 0 Å². The van der Waals surface area contributed by atoms with Gasteiger partial charge in [0.2, 0.25) is 5.91 Å². The topological polar surface area (TPSA) is 107 Å². The van der Waals surface area contributed by atoms with Crippen LogP contribution in [0, 0.1) is 5.92 Å². The normalized spacial score (nSPS) is 13.9. The third-order valence-corrected chi connectivity index (χ3v) is 5.90. The standard InChI is InChI=1S/C25H34N2O2.C2H2O4/c1-3-4-15-26(2)25(28)23-13-16-27(17-14-23)19-22-11-8-12-24(18-22)29-20-21-9-6-5-7-10-21;3-1(4)2(5)6/h5-12,18,23H,3-4,13-17,19-20H2,1-2H3;(H,3,4)(H,5,6). The zero-order valence-electron chi connectivity index (χ0n) is 20.6. The van der Waals surface area contributed by atoms with E-state index in [1.807, 2.05) is 36.2 Å². The van der Waals surface area contributed by atoms with Crippen molar-refractivity contribution in [3.8, 4) is 5.75 Å². The van der Waals surface area contributed by atoms with Crippen molar-refractivity contribution in [2.24, 2.45) is 5.92 Å². The number of unbranched alkanes of at least 4 members (excludes halogenated alkanes) is 1. The molecule has 0 unspecified atom stereocenters. The average molecular weight is 485 g/mol. The quantitative estimate of drug-likeness (QED) is 0.520. The number of nitrogens with zero attached hydrogens (tertiary/aromatic N) is 2. The third kappa shape index (κ3) is 10.2. The number of benzene rings is 2. The fourth-order valence-corrected chi connectivity index (χ4v) is 3.89. The Hall–Kier alpha value is -3.39. The number of rotatable bonds is 9. The van der Waals surface area contributed by atoms with Gasteiger partial charge in [-0.15, -0.1) is 0 Å².